The van der Waals surface area contributed by atoms with Gasteiger partial charge in [-0.1, -0.05) is 24.3 Å². The van der Waals surface area contributed by atoms with E-state index in [-0.39, 0.29) is 13.1 Å². The fourth-order valence-corrected chi connectivity index (χ4v) is 3.11. The Bertz CT molecular complexity index is 891. The molecule has 182 valence electrons. The minimum Gasteiger partial charge on any atom is -0.468 e. The van der Waals surface area contributed by atoms with E-state index in [1.54, 1.807) is 32.9 Å². The summed E-state index contributed by atoms with van der Waals surface area (Å²) in [5, 5.41) is 5.04. The molecule has 1 aromatic rings. The van der Waals surface area contributed by atoms with Crippen LogP contribution in [0, 0.1) is 13.8 Å². The Balaban J connectivity index is 3.33. The van der Waals surface area contributed by atoms with Gasteiger partial charge in [-0.05, 0) is 58.2 Å². The van der Waals surface area contributed by atoms with E-state index in [0.717, 1.165) is 11.1 Å². The number of ether oxygens (including phenoxy) is 2. The molecule has 2 atom stereocenters. The highest BCUT2D eigenvalue weighted by atomic mass is 16.6. The first-order valence-corrected chi connectivity index (χ1v) is 10.6. The minimum absolute atomic E-state index is 0.0306. The van der Waals surface area contributed by atoms with E-state index < -0.39 is 41.6 Å². The number of hydrogen-bond acceptors (Lipinski definition) is 6. The van der Waals surface area contributed by atoms with Crippen molar-refractivity contribution in [3.05, 3.63) is 47.5 Å². The quantitative estimate of drug-likeness (QED) is 0.432. The third-order valence-electron chi connectivity index (χ3n) is 4.85. The predicted molar refractivity (Wildman–Crippen MR) is 124 cm³/mol. The lowest BCUT2D eigenvalue weighted by molar-refractivity contribution is -0.144. The summed E-state index contributed by atoms with van der Waals surface area (Å²) in [6, 6.07) is 3.38. The van der Waals surface area contributed by atoms with E-state index in [1.807, 2.05) is 19.9 Å². The number of benzene rings is 1. The molecule has 0 spiro atoms. The van der Waals surface area contributed by atoms with Crippen molar-refractivity contribution >= 4 is 23.9 Å². The molecule has 0 aromatic heterocycles. The van der Waals surface area contributed by atoms with Crippen LogP contribution in [0.4, 0.5) is 4.79 Å². The Kier molecular flexibility index (Phi) is 10.1. The summed E-state index contributed by atoms with van der Waals surface area (Å²) in [4.78, 5) is 51.7. The number of hydrogen-bond donors (Lipinski definition) is 2. The summed E-state index contributed by atoms with van der Waals surface area (Å²) in [5.74, 6) is -1.70. The van der Waals surface area contributed by atoms with Crippen LogP contribution in [-0.2, 0) is 23.9 Å². The van der Waals surface area contributed by atoms with E-state index in [9.17, 15) is 19.2 Å². The number of amides is 3. The van der Waals surface area contributed by atoms with Gasteiger partial charge in [-0.2, -0.15) is 0 Å². The number of methoxy groups -OCH3 is 1. The monoisotopic (exact) mass is 461 g/mol. The first kappa shape index (κ1) is 27.7. The van der Waals surface area contributed by atoms with Crippen molar-refractivity contribution < 1.29 is 28.7 Å². The van der Waals surface area contributed by atoms with Gasteiger partial charge in [0.25, 0.3) is 0 Å². The van der Waals surface area contributed by atoms with Crippen molar-refractivity contribution in [1.29, 1.82) is 0 Å². The summed E-state index contributed by atoms with van der Waals surface area (Å²) in [6.07, 6.45) is 0.740. The van der Waals surface area contributed by atoms with Crippen molar-refractivity contribution in [1.82, 2.24) is 15.5 Å². The number of nitrogens with one attached hydrogen (secondary N) is 2. The molecule has 0 radical (unpaired) electrons. The van der Waals surface area contributed by atoms with Crippen LogP contribution in [-0.4, -0.2) is 60.6 Å². The average Bonchev–Trinajstić information content (AvgIpc) is 2.72. The molecule has 9 nitrogen and oxygen atoms in total. The van der Waals surface area contributed by atoms with Gasteiger partial charge in [-0.15, -0.1) is 6.58 Å². The molecule has 33 heavy (non-hydrogen) atoms. The summed E-state index contributed by atoms with van der Waals surface area (Å²) in [5.41, 5.74) is 1.62. The van der Waals surface area contributed by atoms with E-state index in [2.05, 4.69) is 21.9 Å². The van der Waals surface area contributed by atoms with Crippen molar-refractivity contribution in [2.24, 2.45) is 0 Å². The molecule has 0 aliphatic heterocycles. The molecule has 2 N–H and O–H groups in total. The Hall–Kier alpha value is -3.36. The Labute approximate surface area is 195 Å². The van der Waals surface area contributed by atoms with Crippen LogP contribution >= 0.6 is 0 Å². The maximum absolute atomic E-state index is 13.4. The molecule has 0 fully saturated rings. The lowest BCUT2D eigenvalue weighted by Crippen LogP contribution is -2.52. The van der Waals surface area contributed by atoms with Crippen LogP contribution in [0.3, 0.4) is 0 Å². The SMILES string of the molecule is C=CCN(C(=O)C(C)NC(=O)OC(C)(C)C)C(C(=O)NCC(=O)OC)c1cccc(C)c1C. The minimum atomic E-state index is -1.07. The topological polar surface area (TPSA) is 114 Å². The Morgan fingerprint density at radius 1 is 1.18 bits per heavy atom. The number of carbonyl (C=O) groups excluding carboxylic acids is 4. The molecule has 0 aliphatic carbocycles. The first-order valence-electron chi connectivity index (χ1n) is 10.6. The van der Waals surface area contributed by atoms with Crippen molar-refractivity contribution in [2.45, 2.75) is 59.2 Å². The molecule has 2 unspecified atom stereocenters. The van der Waals surface area contributed by atoms with Crippen molar-refractivity contribution in [3.8, 4) is 0 Å². The second kappa shape index (κ2) is 12.0. The summed E-state index contributed by atoms with van der Waals surface area (Å²) in [7, 11) is 1.22. The number of alkyl carbamates (subject to hydrolysis) is 1. The van der Waals surface area contributed by atoms with Gasteiger partial charge >= 0.3 is 12.1 Å². The van der Waals surface area contributed by atoms with Gasteiger partial charge < -0.3 is 25.0 Å². The predicted octanol–water partition coefficient (Wildman–Crippen LogP) is 2.56. The molecule has 9 heteroatoms. The van der Waals surface area contributed by atoms with Crippen LogP contribution in [0.25, 0.3) is 0 Å². The Morgan fingerprint density at radius 2 is 1.82 bits per heavy atom. The summed E-state index contributed by atoms with van der Waals surface area (Å²) in [6.45, 7) is 13.8. The highest BCUT2D eigenvalue weighted by Gasteiger charge is 2.35. The van der Waals surface area contributed by atoms with Crippen LogP contribution in [0.15, 0.2) is 30.9 Å². The average molecular weight is 462 g/mol. The smallest absolute Gasteiger partial charge is 0.408 e. The van der Waals surface area contributed by atoms with Crippen molar-refractivity contribution in [3.63, 3.8) is 0 Å². The third-order valence-corrected chi connectivity index (χ3v) is 4.85. The molecule has 0 bridgehead atoms. The fourth-order valence-electron chi connectivity index (χ4n) is 3.11. The zero-order valence-electron chi connectivity index (χ0n) is 20.5. The maximum Gasteiger partial charge on any atom is 0.408 e. The normalized spacial score (nSPS) is 12.7. The van der Waals surface area contributed by atoms with E-state index in [0.29, 0.717) is 5.56 Å². The Morgan fingerprint density at radius 3 is 2.36 bits per heavy atom. The number of esters is 1. The second-order valence-corrected chi connectivity index (χ2v) is 8.63. The summed E-state index contributed by atoms with van der Waals surface area (Å²) < 4.78 is 9.83. The lowest BCUT2D eigenvalue weighted by Gasteiger charge is -2.33. The first-order chi connectivity index (χ1) is 15.3. The number of nitrogens with zero attached hydrogens (tertiary/aromatic N) is 1. The summed E-state index contributed by atoms with van der Waals surface area (Å²) >= 11 is 0. The van der Waals surface area contributed by atoms with Gasteiger partial charge in [0.15, 0.2) is 0 Å². The molecule has 0 saturated heterocycles. The highest BCUT2D eigenvalue weighted by molar-refractivity contribution is 5.93. The van der Waals surface area contributed by atoms with Crippen LogP contribution in [0.1, 0.15) is 50.4 Å². The molecular formula is C24H35N3O6. The number of aryl methyl sites for hydroxylation is 1. The standard InChI is InChI=1S/C24H35N3O6/c1-9-13-27(22(30)17(4)26-23(31)33-24(5,6)7)20(21(29)25-14-19(28)32-8)18-12-10-11-15(2)16(18)3/h9-12,17,20H,1,13-14H2,2-8H3,(H,25,29)(H,26,31). The fraction of sp³-hybridized carbons (Fsp3) is 0.500. The third kappa shape index (κ3) is 8.25. The van der Waals surface area contributed by atoms with Gasteiger partial charge in [0, 0.05) is 6.54 Å². The second-order valence-electron chi connectivity index (χ2n) is 8.63. The molecular weight excluding hydrogens is 426 g/mol. The van der Waals surface area contributed by atoms with Crippen LogP contribution < -0.4 is 10.6 Å². The van der Waals surface area contributed by atoms with Gasteiger partial charge in [-0.3, -0.25) is 14.4 Å². The van der Waals surface area contributed by atoms with Crippen LogP contribution in [0.2, 0.25) is 0 Å². The van der Waals surface area contributed by atoms with Gasteiger partial charge in [-0.25, -0.2) is 4.79 Å². The lowest BCUT2D eigenvalue weighted by atomic mass is 9.95. The number of carbonyl (C=O) groups is 4. The molecule has 1 rings (SSSR count). The zero-order valence-corrected chi connectivity index (χ0v) is 20.5. The van der Waals surface area contributed by atoms with Gasteiger partial charge in [0.05, 0.1) is 7.11 Å². The molecule has 3 amide bonds. The van der Waals surface area contributed by atoms with E-state index >= 15 is 0 Å². The number of rotatable bonds is 9. The highest BCUT2D eigenvalue weighted by Crippen LogP contribution is 2.27. The molecule has 0 aliphatic rings. The van der Waals surface area contributed by atoms with E-state index in [4.69, 9.17) is 4.74 Å². The van der Waals surface area contributed by atoms with Gasteiger partial charge in [0.2, 0.25) is 11.8 Å². The molecule has 0 saturated carbocycles. The largest absolute Gasteiger partial charge is 0.468 e. The van der Waals surface area contributed by atoms with E-state index in [1.165, 1.54) is 25.0 Å². The van der Waals surface area contributed by atoms with Crippen molar-refractivity contribution in [2.75, 3.05) is 20.2 Å². The zero-order chi connectivity index (χ0) is 25.3. The molecule has 1 aromatic carbocycles. The van der Waals surface area contributed by atoms with Gasteiger partial charge in [0.1, 0.15) is 24.2 Å². The van der Waals surface area contributed by atoms with Crippen LogP contribution in [0.5, 0.6) is 0 Å². The molecule has 0 heterocycles. The maximum atomic E-state index is 13.4.